The number of nitrogens with zero attached hydrogens (tertiary/aromatic N) is 1. The normalized spacial score (nSPS) is 24.1. The average molecular weight is 191 g/mol. The number of anilines is 1. The number of ether oxygens (including phenoxy) is 1. The van der Waals surface area contributed by atoms with Crippen molar-refractivity contribution >= 4 is 5.69 Å². The molecule has 3 rings (SSSR count). The SMILES string of the molecule is c1ncc(C2CCN2)c2c1OCCN2. The molecule has 3 heterocycles. The van der Waals surface area contributed by atoms with Gasteiger partial charge in [0.15, 0.2) is 5.75 Å². The van der Waals surface area contributed by atoms with E-state index in [-0.39, 0.29) is 0 Å². The zero-order valence-electron chi connectivity index (χ0n) is 7.92. The number of aromatic nitrogens is 1. The van der Waals surface area contributed by atoms with Crippen LogP contribution in [0.3, 0.4) is 0 Å². The van der Waals surface area contributed by atoms with Crippen LogP contribution in [0, 0.1) is 0 Å². The molecule has 4 heteroatoms. The Morgan fingerprint density at radius 1 is 1.36 bits per heavy atom. The molecule has 1 aromatic heterocycles. The van der Waals surface area contributed by atoms with E-state index in [1.807, 2.05) is 6.20 Å². The summed E-state index contributed by atoms with van der Waals surface area (Å²) in [6.07, 6.45) is 4.90. The Morgan fingerprint density at radius 2 is 2.29 bits per heavy atom. The predicted molar refractivity (Wildman–Crippen MR) is 53.6 cm³/mol. The van der Waals surface area contributed by atoms with E-state index in [1.165, 1.54) is 12.0 Å². The van der Waals surface area contributed by atoms with Crippen molar-refractivity contribution in [3.05, 3.63) is 18.0 Å². The van der Waals surface area contributed by atoms with Gasteiger partial charge in [-0.25, -0.2) is 0 Å². The van der Waals surface area contributed by atoms with Crippen LogP contribution in [0.4, 0.5) is 5.69 Å². The summed E-state index contributed by atoms with van der Waals surface area (Å²) in [5.74, 6) is 0.891. The first kappa shape index (κ1) is 8.05. The maximum Gasteiger partial charge on any atom is 0.161 e. The molecule has 2 aliphatic rings. The lowest BCUT2D eigenvalue weighted by molar-refractivity contribution is 0.318. The molecule has 74 valence electrons. The molecule has 0 bridgehead atoms. The zero-order valence-corrected chi connectivity index (χ0v) is 7.92. The second-order valence-electron chi connectivity index (χ2n) is 3.67. The van der Waals surface area contributed by atoms with E-state index in [9.17, 15) is 0 Å². The summed E-state index contributed by atoms with van der Waals surface area (Å²) in [6.45, 7) is 2.72. The minimum atomic E-state index is 0.464. The Labute approximate surface area is 82.7 Å². The highest BCUT2D eigenvalue weighted by Gasteiger charge is 2.24. The van der Waals surface area contributed by atoms with Gasteiger partial charge in [0.2, 0.25) is 0 Å². The van der Waals surface area contributed by atoms with Gasteiger partial charge in [0.1, 0.15) is 6.61 Å². The molecule has 2 N–H and O–H groups in total. The van der Waals surface area contributed by atoms with Crippen molar-refractivity contribution in [2.24, 2.45) is 0 Å². The zero-order chi connectivity index (χ0) is 9.38. The van der Waals surface area contributed by atoms with Gasteiger partial charge in [-0.05, 0) is 13.0 Å². The molecule has 1 fully saturated rings. The van der Waals surface area contributed by atoms with Gasteiger partial charge in [-0.3, -0.25) is 4.98 Å². The molecule has 2 aliphatic heterocycles. The minimum absolute atomic E-state index is 0.464. The fourth-order valence-corrected chi connectivity index (χ4v) is 1.91. The molecule has 0 spiro atoms. The largest absolute Gasteiger partial charge is 0.488 e. The molecule has 1 atom stereocenters. The van der Waals surface area contributed by atoms with Crippen LogP contribution in [0.1, 0.15) is 18.0 Å². The molecule has 4 nitrogen and oxygen atoms in total. The highest BCUT2D eigenvalue weighted by molar-refractivity contribution is 5.63. The minimum Gasteiger partial charge on any atom is -0.488 e. The molecule has 1 aromatic rings. The van der Waals surface area contributed by atoms with Gasteiger partial charge < -0.3 is 15.4 Å². The summed E-state index contributed by atoms with van der Waals surface area (Å²) in [7, 11) is 0. The summed E-state index contributed by atoms with van der Waals surface area (Å²) in [5.41, 5.74) is 2.37. The topological polar surface area (TPSA) is 46.2 Å². The standard InChI is InChI=1S/C10H13N3O/c1-2-12-8(1)7-5-11-6-9-10(7)13-3-4-14-9/h5-6,8,12-13H,1-4H2. The Balaban J connectivity index is 2.01. The Kier molecular flexibility index (Phi) is 1.80. The molecular formula is C10H13N3O. The van der Waals surface area contributed by atoms with E-state index in [1.54, 1.807) is 6.20 Å². The van der Waals surface area contributed by atoms with Crippen LogP contribution >= 0.6 is 0 Å². The molecule has 14 heavy (non-hydrogen) atoms. The fourth-order valence-electron chi connectivity index (χ4n) is 1.91. The quantitative estimate of drug-likeness (QED) is 0.693. The monoisotopic (exact) mass is 191 g/mol. The summed E-state index contributed by atoms with van der Waals surface area (Å²) in [5, 5.41) is 6.75. The number of pyridine rings is 1. The average Bonchev–Trinajstić information content (AvgIpc) is 2.16. The van der Waals surface area contributed by atoms with Gasteiger partial charge in [0, 0.05) is 24.3 Å². The maximum atomic E-state index is 5.53. The lowest BCUT2D eigenvalue weighted by Crippen LogP contribution is -2.36. The maximum absolute atomic E-state index is 5.53. The lowest BCUT2D eigenvalue weighted by Gasteiger charge is -2.31. The van der Waals surface area contributed by atoms with Gasteiger partial charge in [-0.2, -0.15) is 0 Å². The summed E-state index contributed by atoms with van der Waals surface area (Å²) in [4.78, 5) is 4.20. The molecule has 1 unspecified atom stereocenters. The first-order valence-electron chi connectivity index (χ1n) is 5.03. The molecule has 0 aromatic carbocycles. The van der Waals surface area contributed by atoms with Crippen molar-refractivity contribution in [3.8, 4) is 5.75 Å². The van der Waals surface area contributed by atoms with E-state index < -0.39 is 0 Å². The smallest absolute Gasteiger partial charge is 0.161 e. The third-order valence-corrected chi connectivity index (χ3v) is 2.80. The third kappa shape index (κ3) is 1.14. The van der Waals surface area contributed by atoms with Gasteiger partial charge in [0.25, 0.3) is 0 Å². The van der Waals surface area contributed by atoms with Gasteiger partial charge in [-0.15, -0.1) is 0 Å². The Hall–Kier alpha value is -1.29. The number of nitrogens with one attached hydrogen (secondary N) is 2. The number of fused-ring (bicyclic) bond motifs is 1. The highest BCUT2D eigenvalue weighted by Crippen LogP contribution is 2.36. The second-order valence-corrected chi connectivity index (χ2v) is 3.67. The first-order chi connectivity index (χ1) is 6.95. The van der Waals surface area contributed by atoms with Crippen LogP contribution in [0.5, 0.6) is 5.75 Å². The molecule has 0 amide bonds. The van der Waals surface area contributed by atoms with Crippen molar-refractivity contribution in [2.45, 2.75) is 12.5 Å². The van der Waals surface area contributed by atoms with Crippen molar-refractivity contribution in [2.75, 3.05) is 25.0 Å². The Bertz CT molecular complexity index is 349. The van der Waals surface area contributed by atoms with Crippen LogP contribution in [0.15, 0.2) is 12.4 Å². The van der Waals surface area contributed by atoms with Gasteiger partial charge in [0.05, 0.1) is 11.9 Å². The summed E-state index contributed by atoms with van der Waals surface area (Å²) >= 11 is 0. The highest BCUT2D eigenvalue weighted by atomic mass is 16.5. The van der Waals surface area contributed by atoms with E-state index in [0.29, 0.717) is 6.04 Å². The van der Waals surface area contributed by atoms with E-state index in [0.717, 1.165) is 31.1 Å². The first-order valence-corrected chi connectivity index (χ1v) is 5.03. The van der Waals surface area contributed by atoms with Crippen LogP contribution in [0.2, 0.25) is 0 Å². The van der Waals surface area contributed by atoms with Crippen molar-refractivity contribution in [1.29, 1.82) is 0 Å². The van der Waals surface area contributed by atoms with Gasteiger partial charge >= 0.3 is 0 Å². The molecule has 1 saturated heterocycles. The predicted octanol–water partition coefficient (Wildman–Crippen LogP) is 0.920. The van der Waals surface area contributed by atoms with Crippen LogP contribution in [0.25, 0.3) is 0 Å². The number of hydrogen-bond donors (Lipinski definition) is 2. The van der Waals surface area contributed by atoms with Crippen molar-refractivity contribution in [3.63, 3.8) is 0 Å². The van der Waals surface area contributed by atoms with Crippen molar-refractivity contribution < 1.29 is 4.74 Å². The summed E-state index contributed by atoms with van der Waals surface area (Å²) < 4.78 is 5.53. The second kappa shape index (κ2) is 3.13. The number of rotatable bonds is 1. The van der Waals surface area contributed by atoms with Gasteiger partial charge in [-0.1, -0.05) is 0 Å². The Morgan fingerprint density at radius 3 is 3.07 bits per heavy atom. The van der Waals surface area contributed by atoms with Crippen molar-refractivity contribution in [1.82, 2.24) is 10.3 Å². The fraction of sp³-hybridized carbons (Fsp3) is 0.500. The summed E-state index contributed by atoms with van der Waals surface area (Å²) in [6, 6.07) is 0.464. The van der Waals surface area contributed by atoms with E-state index in [4.69, 9.17) is 4.74 Å². The van der Waals surface area contributed by atoms with E-state index in [2.05, 4.69) is 15.6 Å². The molecular weight excluding hydrogens is 178 g/mol. The number of hydrogen-bond acceptors (Lipinski definition) is 4. The van der Waals surface area contributed by atoms with E-state index >= 15 is 0 Å². The van der Waals surface area contributed by atoms with Crippen LogP contribution in [-0.4, -0.2) is 24.7 Å². The molecule has 0 aliphatic carbocycles. The molecule has 0 saturated carbocycles. The van der Waals surface area contributed by atoms with Crippen LogP contribution < -0.4 is 15.4 Å². The third-order valence-electron chi connectivity index (χ3n) is 2.80. The lowest BCUT2D eigenvalue weighted by atomic mass is 9.97. The van der Waals surface area contributed by atoms with Crippen LogP contribution in [-0.2, 0) is 0 Å². The molecule has 0 radical (unpaired) electrons.